The second kappa shape index (κ2) is 5.22. The van der Waals surface area contributed by atoms with Crippen molar-refractivity contribution in [3.8, 4) is 0 Å². The van der Waals surface area contributed by atoms with Gasteiger partial charge in [-0.1, -0.05) is 12.1 Å². The summed E-state index contributed by atoms with van der Waals surface area (Å²) in [5.41, 5.74) is 2.42. The van der Waals surface area contributed by atoms with Crippen LogP contribution in [0.25, 0.3) is 0 Å². The van der Waals surface area contributed by atoms with Gasteiger partial charge in [0, 0.05) is 31.9 Å². The Balaban J connectivity index is 1.90. The first-order valence-electron chi connectivity index (χ1n) is 6.75. The highest BCUT2D eigenvalue weighted by Gasteiger charge is 2.29. The maximum absolute atomic E-state index is 11.6. The molecule has 2 heterocycles. The van der Waals surface area contributed by atoms with E-state index in [4.69, 9.17) is 0 Å². The van der Waals surface area contributed by atoms with Gasteiger partial charge in [0.25, 0.3) is 0 Å². The molecule has 0 aromatic heterocycles. The van der Waals surface area contributed by atoms with Crippen LogP contribution in [-0.4, -0.2) is 48.1 Å². The van der Waals surface area contributed by atoms with Crippen LogP contribution in [0.2, 0.25) is 0 Å². The number of piperazine rings is 1. The number of aliphatic carboxylic acids is 1. The minimum absolute atomic E-state index is 0.0359. The summed E-state index contributed by atoms with van der Waals surface area (Å²) in [7, 11) is 0. The van der Waals surface area contributed by atoms with E-state index in [1.807, 2.05) is 11.0 Å². The van der Waals surface area contributed by atoms with Gasteiger partial charge in [0.1, 0.15) is 6.04 Å². The zero-order valence-electron chi connectivity index (χ0n) is 11.1. The number of benzene rings is 1. The number of nitrogens with one attached hydrogen (secondary N) is 2. The lowest BCUT2D eigenvalue weighted by atomic mass is 10.0. The number of carboxylic acid groups (broad SMARTS) is 1. The van der Waals surface area contributed by atoms with E-state index in [-0.39, 0.29) is 5.91 Å². The van der Waals surface area contributed by atoms with Crippen molar-refractivity contribution >= 4 is 17.6 Å². The Morgan fingerprint density at radius 2 is 2.05 bits per heavy atom. The summed E-state index contributed by atoms with van der Waals surface area (Å²) in [6.07, 6.45) is 0.330. The van der Waals surface area contributed by atoms with Crippen LogP contribution in [0.1, 0.15) is 17.2 Å². The Bertz CT molecular complexity index is 553. The number of amides is 1. The predicted octanol–water partition coefficient (Wildman–Crippen LogP) is 0.212. The lowest BCUT2D eigenvalue weighted by Crippen LogP contribution is -2.47. The molecule has 0 spiro atoms. The van der Waals surface area contributed by atoms with Crippen molar-refractivity contribution in [2.24, 2.45) is 0 Å². The van der Waals surface area contributed by atoms with E-state index >= 15 is 0 Å². The maximum atomic E-state index is 11.6. The zero-order chi connectivity index (χ0) is 14.1. The number of hydrogen-bond acceptors (Lipinski definition) is 4. The molecule has 1 fully saturated rings. The summed E-state index contributed by atoms with van der Waals surface area (Å²) in [6, 6.07) is 4.80. The number of nitrogens with zero attached hydrogens (tertiary/aromatic N) is 1. The molecule has 0 aliphatic carbocycles. The van der Waals surface area contributed by atoms with Gasteiger partial charge in [-0.05, 0) is 17.2 Å². The highest BCUT2D eigenvalue weighted by Crippen LogP contribution is 2.29. The van der Waals surface area contributed by atoms with Crippen molar-refractivity contribution < 1.29 is 14.7 Å². The van der Waals surface area contributed by atoms with Crippen molar-refractivity contribution in [3.05, 3.63) is 29.3 Å². The molecule has 1 unspecified atom stereocenters. The summed E-state index contributed by atoms with van der Waals surface area (Å²) < 4.78 is 0. The fourth-order valence-electron chi connectivity index (χ4n) is 2.87. The van der Waals surface area contributed by atoms with Crippen LogP contribution >= 0.6 is 0 Å². The van der Waals surface area contributed by atoms with Crippen LogP contribution in [0.3, 0.4) is 0 Å². The highest BCUT2D eigenvalue weighted by molar-refractivity contribution is 5.99. The first-order chi connectivity index (χ1) is 9.65. The van der Waals surface area contributed by atoms with Crippen LogP contribution in [0.4, 0.5) is 5.69 Å². The van der Waals surface area contributed by atoms with Crippen LogP contribution in [0.15, 0.2) is 18.2 Å². The molecule has 1 amide bonds. The molecule has 0 saturated carbocycles. The summed E-state index contributed by atoms with van der Waals surface area (Å²) >= 11 is 0. The SMILES string of the molecule is O=C1Cc2cc(C(C(=O)O)N3CCNCC3)ccc2N1. The van der Waals surface area contributed by atoms with Gasteiger partial charge in [0.05, 0.1) is 6.42 Å². The fraction of sp³-hybridized carbons (Fsp3) is 0.429. The van der Waals surface area contributed by atoms with Crippen molar-refractivity contribution in [2.75, 3.05) is 31.5 Å². The first-order valence-corrected chi connectivity index (χ1v) is 6.75. The Labute approximate surface area is 116 Å². The second-order valence-electron chi connectivity index (χ2n) is 5.17. The van der Waals surface area contributed by atoms with E-state index in [0.29, 0.717) is 19.5 Å². The standard InChI is InChI=1S/C14H17N3O3/c18-12-8-10-7-9(1-2-11(10)16-12)13(14(19)20)17-5-3-15-4-6-17/h1-2,7,13,15H,3-6,8H2,(H,16,18)(H,19,20). The number of carboxylic acids is 1. The van der Waals surface area contributed by atoms with Crippen LogP contribution < -0.4 is 10.6 Å². The molecule has 6 nitrogen and oxygen atoms in total. The quantitative estimate of drug-likeness (QED) is 0.735. The molecule has 0 radical (unpaired) electrons. The van der Waals surface area contributed by atoms with Crippen molar-refractivity contribution in [2.45, 2.75) is 12.5 Å². The Hall–Kier alpha value is -1.92. The van der Waals surface area contributed by atoms with Gasteiger partial charge in [0.15, 0.2) is 0 Å². The van der Waals surface area contributed by atoms with Crippen LogP contribution in [0, 0.1) is 0 Å². The number of carbonyl (C=O) groups is 2. The lowest BCUT2D eigenvalue weighted by molar-refractivity contribution is -0.143. The lowest BCUT2D eigenvalue weighted by Gasteiger charge is -2.32. The average Bonchev–Trinajstić information content (AvgIpc) is 2.79. The summed E-state index contributed by atoms with van der Waals surface area (Å²) in [5.74, 6) is -0.879. The van der Waals surface area contributed by atoms with E-state index in [1.165, 1.54) is 0 Å². The topological polar surface area (TPSA) is 81.7 Å². The first kappa shape index (κ1) is 13.1. The van der Waals surface area contributed by atoms with E-state index in [1.54, 1.807) is 12.1 Å². The van der Waals surface area contributed by atoms with E-state index in [2.05, 4.69) is 10.6 Å². The molecular weight excluding hydrogens is 258 g/mol. The molecule has 0 bridgehead atoms. The zero-order valence-corrected chi connectivity index (χ0v) is 11.1. The maximum Gasteiger partial charge on any atom is 0.325 e. The Morgan fingerprint density at radius 1 is 1.30 bits per heavy atom. The van der Waals surface area contributed by atoms with Gasteiger partial charge in [0.2, 0.25) is 5.91 Å². The molecule has 1 aromatic carbocycles. The van der Waals surface area contributed by atoms with Crippen LogP contribution in [-0.2, 0) is 16.0 Å². The summed E-state index contributed by atoms with van der Waals surface area (Å²) in [5, 5.41) is 15.5. The number of fused-ring (bicyclic) bond motifs is 1. The van der Waals surface area contributed by atoms with Gasteiger partial charge < -0.3 is 15.7 Å². The number of rotatable bonds is 3. The third kappa shape index (κ3) is 2.39. The molecule has 1 saturated heterocycles. The van der Waals surface area contributed by atoms with Gasteiger partial charge in [-0.15, -0.1) is 0 Å². The van der Waals surface area contributed by atoms with E-state index in [0.717, 1.165) is 29.9 Å². The van der Waals surface area contributed by atoms with Gasteiger partial charge in [-0.2, -0.15) is 0 Å². The largest absolute Gasteiger partial charge is 0.480 e. The second-order valence-corrected chi connectivity index (χ2v) is 5.17. The van der Waals surface area contributed by atoms with Crippen molar-refractivity contribution in [1.29, 1.82) is 0 Å². The molecule has 20 heavy (non-hydrogen) atoms. The normalized spacial score (nSPS) is 20.3. The minimum Gasteiger partial charge on any atom is -0.480 e. The third-order valence-electron chi connectivity index (χ3n) is 3.82. The molecule has 6 heteroatoms. The number of anilines is 1. The van der Waals surface area contributed by atoms with E-state index in [9.17, 15) is 14.7 Å². The smallest absolute Gasteiger partial charge is 0.325 e. The average molecular weight is 275 g/mol. The van der Waals surface area contributed by atoms with E-state index < -0.39 is 12.0 Å². The molecule has 1 atom stereocenters. The molecule has 2 aliphatic heterocycles. The van der Waals surface area contributed by atoms with Gasteiger partial charge in [-0.25, -0.2) is 0 Å². The molecule has 2 aliphatic rings. The molecule has 3 N–H and O–H groups in total. The monoisotopic (exact) mass is 275 g/mol. The molecular formula is C14H17N3O3. The van der Waals surface area contributed by atoms with Gasteiger partial charge in [-0.3, -0.25) is 14.5 Å². The van der Waals surface area contributed by atoms with Crippen molar-refractivity contribution in [1.82, 2.24) is 10.2 Å². The fourth-order valence-corrected chi connectivity index (χ4v) is 2.87. The molecule has 106 valence electrons. The summed E-state index contributed by atoms with van der Waals surface area (Å²) in [6.45, 7) is 3.03. The third-order valence-corrected chi connectivity index (χ3v) is 3.82. The Kier molecular flexibility index (Phi) is 3.42. The summed E-state index contributed by atoms with van der Waals surface area (Å²) in [4.78, 5) is 25.0. The number of carbonyl (C=O) groups excluding carboxylic acids is 1. The minimum atomic E-state index is -0.843. The van der Waals surface area contributed by atoms with Crippen molar-refractivity contribution in [3.63, 3.8) is 0 Å². The Morgan fingerprint density at radius 3 is 2.75 bits per heavy atom. The van der Waals surface area contributed by atoms with Gasteiger partial charge >= 0.3 is 5.97 Å². The molecule has 1 aromatic rings. The van der Waals surface area contributed by atoms with Crippen LogP contribution in [0.5, 0.6) is 0 Å². The highest BCUT2D eigenvalue weighted by atomic mass is 16.4. The molecule has 3 rings (SSSR count). The predicted molar refractivity (Wildman–Crippen MR) is 73.6 cm³/mol. The number of hydrogen-bond donors (Lipinski definition) is 3.